The minimum Gasteiger partial charge on any atom is -0.480 e. The van der Waals surface area contributed by atoms with Gasteiger partial charge in [-0.05, 0) is 20.4 Å². The van der Waals surface area contributed by atoms with Gasteiger partial charge in [-0.25, -0.2) is 4.98 Å². The number of hydrogen-bond acceptors (Lipinski definition) is 5. The predicted octanol–water partition coefficient (Wildman–Crippen LogP) is 1.41. The van der Waals surface area contributed by atoms with Crippen molar-refractivity contribution in [3.05, 3.63) is 18.6 Å². The maximum atomic E-state index is 11.1. The van der Waals surface area contributed by atoms with Gasteiger partial charge in [0.2, 0.25) is 0 Å². The van der Waals surface area contributed by atoms with Crippen molar-refractivity contribution in [3.8, 4) is 0 Å². The van der Waals surface area contributed by atoms with Crippen molar-refractivity contribution in [3.63, 3.8) is 0 Å². The van der Waals surface area contributed by atoms with Gasteiger partial charge in [-0.3, -0.25) is 9.78 Å². The topological polar surface area (TPSA) is 75.1 Å². The number of hydrogen-bond donors (Lipinski definition) is 2. The Morgan fingerprint density at radius 3 is 2.82 bits per heavy atom. The molecule has 6 heteroatoms. The van der Waals surface area contributed by atoms with E-state index < -0.39 is 11.5 Å². The fourth-order valence-electron chi connectivity index (χ4n) is 1.47. The highest BCUT2D eigenvalue weighted by molar-refractivity contribution is 7.99. The summed E-state index contributed by atoms with van der Waals surface area (Å²) in [6, 6.07) is 0. The molecule has 2 N–H and O–H groups in total. The molecule has 1 heterocycles. The van der Waals surface area contributed by atoms with E-state index in [1.807, 2.05) is 6.92 Å². The maximum Gasteiger partial charge on any atom is 0.323 e. The number of likely N-dealkylation sites (N-methyl/N-ethyl adjacent to an activating group) is 1. The largest absolute Gasteiger partial charge is 0.480 e. The molecule has 0 aliphatic rings. The molecule has 1 aromatic rings. The average molecular weight is 255 g/mol. The van der Waals surface area contributed by atoms with Crippen LogP contribution in [0.15, 0.2) is 23.6 Å². The van der Waals surface area contributed by atoms with E-state index in [2.05, 4.69) is 15.3 Å². The fourth-order valence-corrected chi connectivity index (χ4v) is 2.54. The molecule has 2 atom stereocenters. The minimum absolute atomic E-state index is 0.139. The molecule has 17 heavy (non-hydrogen) atoms. The van der Waals surface area contributed by atoms with Gasteiger partial charge in [0.25, 0.3) is 0 Å². The number of aromatic nitrogens is 2. The molecular formula is C11H17N3O2S. The Morgan fingerprint density at radius 1 is 1.65 bits per heavy atom. The number of rotatable bonds is 6. The van der Waals surface area contributed by atoms with Crippen LogP contribution >= 0.6 is 11.8 Å². The zero-order chi connectivity index (χ0) is 12.9. The van der Waals surface area contributed by atoms with Crippen LogP contribution in [0.5, 0.6) is 0 Å². The molecule has 0 fully saturated rings. The third-order valence-corrected chi connectivity index (χ3v) is 3.60. The second-order valence-electron chi connectivity index (χ2n) is 4.06. The van der Waals surface area contributed by atoms with E-state index in [1.165, 1.54) is 11.8 Å². The van der Waals surface area contributed by atoms with Crippen molar-refractivity contribution in [2.24, 2.45) is 0 Å². The zero-order valence-electron chi connectivity index (χ0n) is 10.2. The molecule has 2 unspecified atom stereocenters. The highest BCUT2D eigenvalue weighted by Gasteiger charge is 2.33. The number of carbonyl (C=O) groups is 1. The smallest absolute Gasteiger partial charge is 0.323 e. The summed E-state index contributed by atoms with van der Waals surface area (Å²) in [4.78, 5) is 19.3. The number of carboxylic acids is 1. The Bertz CT molecular complexity index is 374. The molecule has 0 aromatic carbocycles. The number of carboxylic acid groups (broad SMARTS) is 1. The standard InChI is InChI=1S/C11H17N3O2S/c1-8(6-11(2,12-3)10(15)16)17-9-7-13-4-5-14-9/h4-5,7-8,12H,6H2,1-3H3,(H,15,16). The van der Waals surface area contributed by atoms with Gasteiger partial charge in [0.05, 0.1) is 6.20 Å². The fraction of sp³-hybridized carbons (Fsp3) is 0.545. The first-order valence-corrected chi connectivity index (χ1v) is 6.21. The molecule has 1 aromatic heterocycles. The molecule has 94 valence electrons. The Labute approximate surface area is 105 Å². The maximum absolute atomic E-state index is 11.1. The predicted molar refractivity (Wildman–Crippen MR) is 67.1 cm³/mol. The van der Waals surface area contributed by atoms with E-state index in [0.717, 1.165) is 5.03 Å². The normalized spacial score (nSPS) is 16.2. The molecule has 0 saturated heterocycles. The summed E-state index contributed by atoms with van der Waals surface area (Å²) in [5.74, 6) is -0.841. The summed E-state index contributed by atoms with van der Waals surface area (Å²) in [7, 11) is 1.66. The highest BCUT2D eigenvalue weighted by atomic mass is 32.2. The molecule has 0 bridgehead atoms. The summed E-state index contributed by atoms with van der Waals surface area (Å²) < 4.78 is 0. The molecule has 0 aliphatic carbocycles. The lowest BCUT2D eigenvalue weighted by Crippen LogP contribution is -2.49. The Hall–Kier alpha value is -1.14. The van der Waals surface area contributed by atoms with E-state index in [4.69, 9.17) is 5.11 Å². The summed E-state index contributed by atoms with van der Waals surface area (Å²) >= 11 is 1.53. The van der Waals surface area contributed by atoms with Crippen LogP contribution < -0.4 is 5.32 Å². The first-order valence-electron chi connectivity index (χ1n) is 5.33. The SMILES string of the molecule is CNC(C)(CC(C)Sc1cnccn1)C(=O)O. The van der Waals surface area contributed by atoms with Crippen LogP contribution in [0.2, 0.25) is 0 Å². The monoisotopic (exact) mass is 255 g/mol. The van der Waals surface area contributed by atoms with Crippen molar-refractivity contribution >= 4 is 17.7 Å². The molecule has 0 radical (unpaired) electrons. The van der Waals surface area contributed by atoms with E-state index >= 15 is 0 Å². The third-order valence-electron chi connectivity index (χ3n) is 2.58. The van der Waals surface area contributed by atoms with Crippen LogP contribution in [-0.4, -0.2) is 38.9 Å². The van der Waals surface area contributed by atoms with Gasteiger partial charge in [0.15, 0.2) is 0 Å². The summed E-state index contributed by atoms with van der Waals surface area (Å²) in [6.45, 7) is 3.67. The molecule has 0 aliphatic heterocycles. The first kappa shape index (κ1) is 13.9. The Morgan fingerprint density at radius 2 is 2.35 bits per heavy atom. The second kappa shape index (κ2) is 5.97. The second-order valence-corrected chi connectivity index (χ2v) is 5.52. The Kier molecular flexibility index (Phi) is 4.89. The molecule has 0 amide bonds. The van der Waals surface area contributed by atoms with Gasteiger partial charge in [0.1, 0.15) is 10.6 Å². The first-order chi connectivity index (χ1) is 7.98. The highest BCUT2D eigenvalue weighted by Crippen LogP contribution is 2.26. The van der Waals surface area contributed by atoms with E-state index in [9.17, 15) is 4.79 Å². The van der Waals surface area contributed by atoms with E-state index in [-0.39, 0.29) is 5.25 Å². The minimum atomic E-state index is -0.908. The van der Waals surface area contributed by atoms with E-state index in [1.54, 1.807) is 32.6 Å². The summed E-state index contributed by atoms with van der Waals surface area (Å²) in [5, 5.41) is 12.9. The van der Waals surface area contributed by atoms with Crippen LogP contribution in [0.4, 0.5) is 0 Å². The summed E-state index contributed by atoms with van der Waals surface area (Å²) in [5.41, 5.74) is -0.908. The van der Waals surface area contributed by atoms with Crippen molar-refractivity contribution in [2.75, 3.05) is 7.05 Å². The average Bonchev–Trinajstić information content (AvgIpc) is 2.29. The van der Waals surface area contributed by atoms with Gasteiger partial charge in [-0.2, -0.15) is 0 Å². The van der Waals surface area contributed by atoms with Gasteiger partial charge in [0, 0.05) is 17.6 Å². The van der Waals surface area contributed by atoms with Gasteiger partial charge < -0.3 is 10.4 Å². The molecular weight excluding hydrogens is 238 g/mol. The van der Waals surface area contributed by atoms with Gasteiger partial charge >= 0.3 is 5.97 Å². The molecule has 0 saturated carbocycles. The van der Waals surface area contributed by atoms with Gasteiger partial charge in [-0.15, -0.1) is 11.8 Å². The molecule has 1 rings (SSSR count). The van der Waals surface area contributed by atoms with Crippen LogP contribution in [-0.2, 0) is 4.79 Å². The number of nitrogens with zero attached hydrogens (tertiary/aromatic N) is 2. The zero-order valence-corrected chi connectivity index (χ0v) is 11.0. The third kappa shape index (κ3) is 3.98. The van der Waals surface area contributed by atoms with Crippen molar-refractivity contribution in [1.82, 2.24) is 15.3 Å². The molecule has 5 nitrogen and oxygen atoms in total. The lowest BCUT2D eigenvalue weighted by Gasteiger charge is -2.26. The lowest BCUT2D eigenvalue weighted by molar-refractivity contribution is -0.144. The summed E-state index contributed by atoms with van der Waals surface area (Å²) in [6.07, 6.45) is 5.44. The quantitative estimate of drug-likeness (QED) is 0.749. The lowest BCUT2D eigenvalue weighted by atomic mass is 9.97. The number of nitrogens with one attached hydrogen (secondary N) is 1. The Balaban J connectivity index is 2.60. The van der Waals surface area contributed by atoms with Crippen molar-refractivity contribution in [2.45, 2.75) is 36.1 Å². The molecule has 0 spiro atoms. The number of aliphatic carboxylic acids is 1. The van der Waals surface area contributed by atoms with Crippen LogP contribution in [0.1, 0.15) is 20.3 Å². The van der Waals surface area contributed by atoms with Crippen LogP contribution in [0, 0.1) is 0 Å². The van der Waals surface area contributed by atoms with E-state index in [0.29, 0.717) is 6.42 Å². The van der Waals surface area contributed by atoms with Gasteiger partial charge in [-0.1, -0.05) is 6.92 Å². The van der Waals surface area contributed by atoms with Crippen molar-refractivity contribution in [1.29, 1.82) is 0 Å². The number of thioether (sulfide) groups is 1. The van der Waals surface area contributed by atoms with Crippen LogP contribution in [0.3, 0.4) is 0 Å². The van der Waals surface area contributed by atoms with Crippen molar-refractivity contribution < 1.29 is 9.90 Å². The van der Waals surface area contributed by atoms with Crippen LogP contribution in [0.25, 0.3) is 0 Å².